The lowest BCUT2D eigenvalue weighted by Crippen LogP contribution is -2.37. The molecule has 1 unspecified atom stereocenters. The standard InChI is InChI=1S/C38H76NO8P/c1-6-8-10-12-14-16-17-18-19-20-21-22-23-25-26-28-30-37(40)44-34-36(35-46-48(42,43)45-33-32-39(3,4)5)47-38(41)31-29-27-24-15-13-11-9-7-2/h36H,6-35H2,1-5H3/p+1/t36-/m1/s1. The molecular formula is C38H77NO8P+. The van der Waals surface area contributed by atoms with Gasteiger partial charge in [0.1, 0.15) is 19.8 Å². The Kier molecular flexibility index (Phi) is 31.3. The zero-order valence-corrected chi connectivity index (χ0v) is 32.9. The third-order valence-electron chi connectivity index (χ3n) is 8.64. The first-order valence-corrected chi connectivity index (χ1v) is 21.3. The summed E-state index contributed by atoms with van der Waals surface area (Å²) in [7, 11) is 1.49. The molecule has 0 aromatic rings. The molecule has 0 saturated heterocycles. The highest BCUT2D eigenvalue weighted by atomic mass is 31.2. The van der Waals surface area contributed by atoms with Crippen molar-refractivity contribution in [2.75, 3.05) is 47.5 Å². The molecule has 0 amide bonds. The second-order valence-electron chi connectivity index (χ2n) is 14.7. The van der Waals surface area contributed by atoms with Gasteiger partial charge in [0.25, 0.3) is 0 Å². The molecular weight excluding hydrogens is 629 g/mol. The number of hydrogen-bond donors (Lipinski definition) is 1. The summed E-state index contributed by atoms with van der Waals surface area (Å²) in [4.78, 5) is 35.1. The number of likely N-dealkylation sites (N-methyl/N-ethyl adjacent to an activating group) is 1. The Morgan fingerprint density at radius 3 is 1.33 bits per heavy atom. The van der Waals surface area contributed by atoms with Crippen molar-refractivity contribution in [2.45, 2.75) is 187 Å². The number of rotatable bonds is 36. The molecule has 9 nitrogen and oxygen atoms in total. The first kappa shape index (κ1) is 47.0. The topological polar surface area (TPSA) is 108 Å². The summed E-state index contributed by atoms with van der Waals surface area (Å²) in [5.74, 6) is -0.793. The van der Waals surface area contributed by atoms with Crippen molar-refractivity contribution in [3.8, 4) is 0 Å². The lowest BCUT2D eigenvalue weighted by molar-refractivity contribution is -0.870. The minimum absolute atomic E-state index is 0.0362. The quantitative estimate of drug-likeness (QED) is 0.0297. The van der Waals surface area contributed by atoms with Crippen LogP contribution >= 0.6 is 7.82 Å². The molecule has 0 aromatic heterocycles. The van der Waals surface area contributed by atoms with Crippen LogP contribution in [0.25, 0.3) is 0 Å². The van der Waals surface area contributed by atoms with Crippen molar-refractivity contribution in [3.05, 3.63) is 0 Å². The Labute approximate surface area is 295 Å². The Morgan fingerprint density at radius 2 is 0.938 bits per heavy atom. The molecule has 0 bridgehead atoms. The summed E-state index contributed by atoms with van der Waals surface area (Å²) >= 11 is 0. The highest BCUT2D eigenvalue weighted by Crippen LogP contribution is 2.43. The van der Waals surface area contributed by atoms with E-state index in [-0.39, 0.29) is 25.6 Å². The monoisotopic (exact) mass is 707 g/mol. The van der Waals surface area contributed by atoms with Gasteiger partial charge in [0.15, 0.2) is 6.10 Å². The smallest absolute Gasteiger partial charge is 0.462 e. The van der Waals surface area contributed by atoms with Crippen LogP contribution in [0.5, 0.6) is 0 Å². The Hall–Kier alpha value is -0.990. The van der Waals surface area contributed by atoms with E-state index in [4.69, 9.17) is 18.5 Å². The zero-order valence-electron chi connectivity index (χ0n) is 32.0. The van der Waals surface area contributed by atoms with Crippen LogP contribution in [0.2, 0.25) is 0 Å². The molecule has 2 atom stereocenters. The molecule has 0 spiro atoms. The Bertz CT molecular complexity index is 804. The van der Waals surface area contributed by atoms with E-state index in [0.29, 0.717) is 23.9 Å². The van der Waals surface area contributed by atoms with Gasteiger partial charge in [-0.15, -0.1) is 0 Å². The summed E-state index contributed by atoms with van der Waals surface area (Å²) in [6, 6.07) is 0. The maximum absolute atomic E-state index is 12.5. The van der Waals surface area contributed by atoms with Gasteiger partial charge in [-0.25, -0.2) is 4.57 Å². The second-order valence-corrected chi connectivity index (χ2v) is 16.1. The third-order valence-corrected chi connectivity index (χ3v) is 9.62. The van der Waals surface area contributed by atoms with E-state index in [1.54, 1.807) is 0 Å². The number of nitrogens with zero attached hydrogens (tertiary/aromatic N) is 1. The van der Waals surface area contributed by atoms with Crippen LogP contribution in [0.15, 0.2) is 0 Å². The predicted octanol–water partition coefficient (Wildman–Crippen LogP) is 10.5. The van der Waals surface area contributed by atoms with Crippen LogP contribution in [0.1, 0.15) is 181 Å². The molecule has 0 aromatic carbocycles. The number of unbranched alkanes of at least 4 members (excludes halogenated alkanes) is 22. The van der Waals surface area contributed by atoms with E-state index in [2.05, 4.69) is 13.8 Å². The fourth-order valence-electron chi connectivity index (χ4n) is 5.48. The number of esters is 2. The second kappa shape index (κ2) is 32.0. The summed E-state index contributed by atoms with van der Waals surface area (Å²) in [5, 5.41) is 0. The van der Waals surface area contributed by atoms with Gasteiger partial charge in [-0.1, -0.05) is 155 Å². The maximum Gasteiger partial charge on any atom is 0.472 e. The predicted molar refractivity (Wildman–Crippen MR) is 197 cm³/mol. The fourth-order valence-corrected chi connectivity index (χ4v) is 6.23. The van der Waals surface area contributed by atoms with Crippen LogP contribution in [-0.2, 0) is 32.7 Å². The van der Waals surface area contributed by atoms with Gasteiger partial charge in [-0.05, 0) is 12.8 Å². The lowest BCUT2D eigenvalue weighted by atomic mass is 10.0. The van der Waals surface area contributed by atoms with Gasteiger partial charge in [-0.3, -0.25) is 18.6 Å². The normalized spacial score (nSPS) is 13.7. The van der Waals surface area contributed by atoms with E-state index >= 15 is 0 Å². The van der Waals surface area contributed by atoms with Crippen LogP contribution in [-0.4, -0.2) is 74.9 Å². The molecule has 0 aliphatic rings. The molecule has 1 N–H and O–H groups in total. The summed E-state index contributed by atoms with van der Waals surface area (Å²) in [5.41, 5.74) is 0. The van der Waals surface area contributed by atoms with E-state index in [1.807, 2.05) is 21.1 Å². The van der Waals surface area contributed by atoms with E-state index < -0.39 is 26.5 Å². The molecule has 0 fully saturated rings. The first-order valence-electron chi connectivity index (χ1n) is 19.8. The molecule has 0 saturated carbocycles. The number of phosphoric ester groups is 1. The summed E-state index contributed by atoms with van der Waals surface area (Å²) in [6.07, 6.45) is 28.7. The van der Waals surface area contributed by atoms with Crippen molar-refractivity contribution in [3.63, 3.8) is 0 Å². The van der Waals surface area contributed by atoms with Crippen molar-refractivity contribution in [1.82, 2.24) is 0 Å². The average Bonchev–Trinajstić information content (AvgIpc) is 3.02. The van der Waals surface area contributed by atoms with E-state index in [1.165, 1.54) is 116 Å². The van der Waals surface area contributed by atoms with Gasteiger partial charge in [-0.2, -0.15) is 0 Å². The van der Waals surface area contributed by atoms with Gasteiger partial charge in [0, 0.05) is 12.8 Å². The molecule has 0 radical (unpaired) electrons. The van der Waals surface area contributed by atoms with E-state index in [9.17, 15) is 19.0 Å². The maximum atomic E-state index is 12.5. The molecule has 10 heteroatoms. The SMILES string of the molecule is CCCCCCCCCCCCCCCCCCC(=O)OC[C@H](COP(=O)(O)OCC[N+](C)(C)C)OC(=O)CCCCCCCCCC. The number of quaternary nitrogens is 1. The number of carbonyl (C=O) groups is 2. The molecule has 286 valence electrons. The molecule has 0 heterocycles. The summed E-state index contributed by atoms with van der Waals surface area (Å²) in [6.45, 7) is 4.40. The van der Waals surface area contributed by atoms with Gasteiger partial charge >= 0.3 is 19.8 Å². The molecule has 0 rings (SSSR count). The van der Waals surface area contributed by atoms with Gasteiger partial charge in [0.05, 0.1) is 27.7 Å². The van der Waals surface area contributed by atoms with Crippen LogP contribution in [0, 0.1) is 0 Å². The van der Waals surface area contributed by atoms with Gasteiger partial charge in [0.2, 0.25) is 0 Å². The number of ether oxygens (including phenoxy) is 2. The minimum atomic E-state index is -4.35. The fraction of sp³-hybridized carbons (Fsp3) is 0.947. The number of carbonyl (C=O) groups excluding carboxylic acids is 2. The Morgan fingerprint density at radius 1 is 0.562 bits per heavy atom. The number of hydrogen-bond acceptors (Lipinski definition) is 7. The molecule has 0 aliphatic carbocycles. The third kappa shape index (κ3) is 34.9. The number of phosphoric acid groups is 1. The highest BCUT2D eigenvalue weighted by molar-refractivity contribution is 7.47. The van der Waals surface area contributed by atoms with Crippen LogP contribution in [0.4, 0.5) is 0 Å². The summed E-state index contributed by atoms with van der Waals surface area (Å²) < 4.78 is 34.1. The molecule has 48 heavy (non-hydrogen) atoms. The van der Waals surface area contributed by atoms with Crippen LogP contribution in [0.3, 0.4) is 0 Å². The first-order chi connectivity index (χ1) is 23.0. The largest absolute Gasteiger partial charge is 0.472 e. The Balaban J connectivity index is 4.29. The van der Waals surface area contributed by atoms with Crippen molar-refractivity contribution in [2.24, 2.45) is 0 Å². The highest BCUT2D eigenvalue weighted by Gasteiger charge is 2.27. The van der Waals surface area contributed by atoms with Crippen LogP contribution < -0.4 is 0 Å². The lowest BCUT2D eigenvalue weighted by Gasteiger charge is -2.24. The zero-order chi connectivity index (χ0) is 35.8. The molecule has 0 aliphatic heterocycles. The van der Waals surface area contributed by atoms with Gasteiger partial charge < -0.3 is 18.9 Å². The van der Waals surface area contributed by atoms with Crippen molar-refractivity contribution < 1.29 is 42.1 Å². The van der Waals surface area contributed by atoms with E-state index in [0.717, 1.165) is 32.1 Å². The van der Waals surface area contributed by atoms with Crippen molar-refractivity contribution in [1.29, 1.82) is 0 Å². The minimum Gasteiger partial charge on any atom is -0.462 e. The van der Waals surface area contributed by atoms with Crippen molar-refractivity contribution >= 4 is 19.8 Å². The average molecular weight is 707 g/mol.